The van der Waals surface area contributed by atoms with Crippen LogP contribution in [0.4, 0.5) is 5.82 Å². The number of nitrogens with zero attached hydrogens (tertiary/aromatic N) is 4. The maximum absolute atomic E-state index is 13.1. The second kappa shape index (κ2) is 12.2. The van der Waals surface area contributed by atoms with Gasteiger partial charge in [0.05, 0.1) is 43.1 Å². The number of carbonyl (C=O) groups is 1. The first-order chi connectivity index (χ1) is 20.6. The number of benzene rings is 3. The van der Waals surface area contributed by atoms with Crippen LogP contribution < -0.4 is 5.32 Å². The third-order valence-electron chi connectivity index (χ3n) is 7.88. The summed E-state index contributed by atoms with van der Waals surface area (Å²) in [7, 11) is 1.53. The van der Waals surface area contributed by atoms with Crippen molar-refractivity contribution in [3.05, 3.63) is 120 Å². The molecule has 0 radical (unpaired) electrons. The van der Waals surface area contributed by atoms with Crippen LogP contribution in [0.25, 0.3) is 11.2 Å². The number of imidazole rings is 1. The van der Waals surface area contributed by atoms with Gasteiger partial charge in [0.15, 0.2) is 11.5 Å². The number of likely N-dealkylation sites (tertiary alicyclic amines) is 1. The van der Waals surface area contributed by atoms with E-state index < -0.39 is 24.2 Å². The molecule has 4 atom stereocenters. The smallest absolute Gasteiger partial charge is 0.256 e. The van der Waals surface area contributed by atoms with Gasteiger partial charge >= 0.3 is 0 Å². The molecule has 4 N–H and O–H groups in total. The lowest BCUT2D eigenvalue weighted by Gasteiger charge is -2.49. The first kappa shape index (κ1) is 27.7. The summed E-state index contributed by atoms with van der Waals surface area (Å²) in [5.74, 6) is -0.191. The highest BCUT2D eigenvalue weighted by molar-refractivity contribution is 6.06. The minimum Gasteiger partial charge on any atom is -0.395 e. The van der Waals surface area contributed by atoms with Crippen molar-refractivity contribution in [3.63, 3.8) is 0 Å². The molecule has 1 fully saturated rings. The fourth-order valence-electron chi connectivity index (χ4n) is 5.88. The molecule has 42 heavy (non-hydrogen) atoms. The van der Waals surface area contributed by atoms with Crippen LogP contribution in [0.1, 0.15) is 39.3 Å². The van der Waals surface area contributed by atoms with E-state index in [-0.39, 0.29) is 24.4 Å². The number of H-pyrrole nitrogens is 1. The molecule has 10 heteroatoms. The number of ether oxygens (including phenoxy) is 1. The van der Waals surface area contributed by atoms with E-state index in [4.69, 9.17) is 14.7 Å². The molecule has 3 aromatic carbocycles. The molecule has 0 aliphatic carbocycles. The monoisotopic (exact) mass is 564 g/mol. The quantitative estimate of drug-likeness (QED) is 0.225. The van der Waals surface area contributed by atoms with E-state index in [9.17, 15) is 15.0 Å². The van der Waals surface area contributed by atoms with Gasteiger partial charge in [-0.2, -0.15) is 0 Å². The molecule has 6 rings (SSSR count). The van der Waals surface area contributed by atoms with Gasteiger partial charge in [0.25, 0.3) is 5.91 Å². The van der Waals surface area contributed by atoms with Crippen LogP contribution in [-0.2, 0) is 4.74 Å². The Balaban J connectivity index is 1.43. The molecule has 1 saturated heterocycles. The Kier molecular flexibility index (Phi) is 8.02. The van der Waals surface area contributed by atoms with Crippen LogP contribution in [-0.4, -0.2) is 79.5 Å². The molecule has 1 aliphatic heterocycles. The lowest BCUT2D eigenvalue weighted by molar-refractivity contribution is -0.123. The van der Waals surface area contributed by atoms with Crippen LogP contribution in [0.5, 0.6) is 0 Å². The third-order valence-corrected chi connectivity index (χ3v) is 7.88. The van der Waals surface area contributed by atoms with E-state index in [0.717, 1.165) is 11.1 Å². The van der Waals surface area contributed by atoms with E-state index in [2.05, 4.69) is 20.2 Å². The zero-order valence-corrected chi connectivity index (χ0v) is 23.0. The topological polar surface area (TPSA) is 136 Å². The summed E-state index contributed by atoms with van der Waals surface area (Å²) in [5, 5.41) is 25.1. The molecule has 1 amide bonds. The Labute approximate surface area is 243 Å². The number of methoxy groups -OCH3 is 1. The van der Waals surface area contributed by atoms with Crippen LogP contribution in [0.3, 0.4) is 0 Å². The predicted molar refractivity (Wildman–Crippen MR) is 158 cm³/mol. The maximum atomic E-state index is 13.1. The van der Waals surface area contributed by atoms with Gasteiger partial charge in [-0.15, -0.1) is 0 Å². The second-order valence-electron chi connectivity index (χ2n) is 10.3. The number of aromatic amines is 1. The Hall–Kier alpha value is -4.48. The second-order valence-corrected chi connectivity index (χ2v) is 10.3. The molecule has 0 bridgehead atoms. The van der Waals surface area contributed by atoms with Crippen molar-refractivity contribution < 1.29 is 19.7 Å². The Morgan fingerprint density at radius 1 is 1.00 bits per heavy atom. The summed E-state index contributed by atoms with van der Waals surface area (Å²) in [5.41, 5.74) is 3.39. The first-order valence-electron chi connectivity index (χ1n) is 13.8. The van der Waals surface area contributed by atoms with Gasteiger partial charge in [-0.1, -0.05) is 78.9 Å². The summed E-state index contributed by atoms with van der Waals surface area (Å²) >= 11 is 0. The number of fused-ring (bicyclic) bond motifs is 1. The summed E-state index contributed by atoms with van der Waals surface area (Å²) in [6.07, 6.45) is -0.283. The van der Waals surface area contributed by atoms with Gasteiger partial charge in [-0.25, -0.2) is 15.0 Å². The number of amides is 1. The van der Waals surface area contributed by atoms with Crippen molar-refractivity contribution in [2.24, 2.45) is 0 Å². The largest absolute Gasteiger partial charge is 0.395 e. The highest BCUT2D eigenvalue weighted by Gasteiger charge is 2.47. The number of hydrogen-bond donors (Lipinski definition) is 4. The van der Waals surface area contributed by atoms with Crippen LogP contribution in [0, 0.1) is 0 Å². The van der Waals surface area contributed by atoms with Gasteiger partial charge in [0.1, 0.15) is 11.3 Å². The number of nitrogens with one attached hydrogen (secondary N) is 2. The van der Waals surface area contributed by atoms with Crippen molar-refractivity contribution in [2.75, 3.05) is 25.6 Å². The highest BCUT2D eigenvalue weighted by Crippen LogP contribution is 2.39. The number of anilines is 1. The Bertz CT molecular complexity index is 1590. The Morgan fingerprint density at radius 2 is 1.62 bits per heavy atom. The minimum absolute atomic E-state index is 0.272. The van der Waals surface area contributed by atoms with Crippen molar-refractivity contribution in [1.82, 2.24) is 24.8 Å². The normalized spacial score (nSPS) is 21.0. The fourth-order valence-corrected chi connectivity index (χ4v) is 5.88. The number of piperidine rings is 1. The molecule has 0 saturated carbocycles. The Morgan fingerprint density at radius 3 is 2.21 bits per heavy atom. The number of hydrogen-bond acceptors (Lipinski definition) is 8. The van der Waals surface area contributed by atoms with Gasteiger partial charge in [0, 0.05) is 19.2 Å². The van der Waals surface area contributed by atoms with E-state index in [1.165, 1.54) is 13.4 Å². The highest BCUT2D eigenvalue weighted by atomic mass is 16.5. The molecule has 0 unspecified atom stereocenters. The van der Waals surface area contributed by atoms with Crippen molar-refractivity contribution >= 4 is 22.9 Å². The summed E-state index contributed by atoms with van der Waals surface area (Å²) in [4.78, 5) is 32.1. The van der Waals surface area contributed by atoms with Crippen LogP contribution in [0.15, 0.2) is 97.3 Å². The first-order valence-corrected chi connectivity index (χ1v) is 13.8. The maximum Gasteiger partial charge on any atom is 0.256 e. The summed E-state index contributed by atoms with van der Waals surface area (Å²) in [6, 6.07) is 28.0. The number of aliphatic hydroxyl groups is 2. The van der Waals surface area contributed by atoms with Crippen molar-refractivity contribution in [1.29, 1.82) is 0 Å². The average Bonchev–Trinajstić information content (AvgIpc) is 3.52. The van der Waals surface area contributed by atoms with Gasteiger partial charge in [-0.3, -0.25) is 9.69 Å². The zero-order valence-electron chi connectivity index (χ0n) is 23.0. The lowest BCUT2D eigenvalue weighted by atomic mass is 9.83. The number of carbonyl (C=O) groups excluding carboxylic acids is 1. The molecule has 2 aromatic heterocycles. The van der Waals surface area contributed by atoms with Crippen molar-refractivity contribution in [3.8, 4) is 0 Å². The lowest BCUT2D eigenvalue weighted by Crippen LogP contribution is -2.61. The molecule has 3 heterocycles. The van der Waals surface area contributed by atoms with E-state index in [1.54, 1.807) is 24.3 Å². The molecule has 1 aliphatic rings. The predicted octanol–water partition coefficient (Wildman–Crippen LogP) is 3.53. The zero-order chi connectivity index (χ0) is 29.1. The molecular formula is C32H32N6O4. The molecule has 214 valence electrons. The fraction of sp³-hybridized carbons (Fsp3) is 0.250. The number of aromatic nitrogens is 4. The molecule has 10 nitrogen and oxygen atoms in total. The third kappa shape index (κ3) is 5.28. The molecule has 5 aromatic rings. The SMILES string of the molecule is CO[C@@H]1[C@H](O)[C@@H](CO)N(C(c2ccccc2)c2ccccc2)C[C@@H]1c1nc(NC(=O)c2ccccc2)c2[nH]cnc2n1. The van der Waals surface area contributed by atoms with Crippen LogP contribution in [0.2, 0.25) is 0 Å². The van der Waals surface area contributed by atoms with Crippen LogP contribution >= 0.6 is 0 Å². The summed E-state index contributed by atoms with van der Waals surface area (Å²) in [6.45, 7) is 0.0821. The number of aliphatic hydroxyl groups excluding tert-OH is 2. The van der Waals surface area contributed by atoms with Gasteiger partial charge < -0.3 is 25.3 Å². The molecule has 0 spiro atoms. The minimum atomic E-state index is -1.06. The van der Waals surface area contributed by atoms with Crippen molar-refractivity contribution in [2.45, 2.75) is 30.2 Å². The average molecular weight is 565 g/mol. The van der Waals surface area contributed by atoms with E-state index in [0.29, 0.717) is 29.1 Å². The summed E-state index contributed by atoms with van der Waals surface area (Å²) < 4.78 is 5.84. The standard InChI is InChI=1S/C32H32N6O4/c1-42-28-23(29-35-30-25(33-19-34-30)31(36-29)37-32(41)22-15-9-4-10-16-22)17-38(24(18-39)27(28)40)26(20-11-5-2-6-12-20)21-13-7-3-8-14-21/h2-16,19,23-24,26-28,39-40H,17-18H2,1H3,(H2,33,34,35,36,37,41)/t23-,24+,27+,28-/m0/s1. The van der Waals surface area contributed by atoms with Gasteiger partial charge in [0.2, 0.25) is 0 Å². The molecular weight excluding hydrogens is 532 g/mol. The van der Waals surface area contributed by atoms with Gasteiger partial charge in [-0.05, 0) is 23.3 Å². The van der Waals surface area contributed by atoms with E-state index >= 15 is 0 Å². The van der Waals surface area contributed by atoms with E-state index in [1.807, 2.05) is 66.7 Å². The number of rotatable bonds is 8.